The number of amides is 1. The van der Waals surface area contributed by atoms with Crippen molar-refractivity contribution >= 4 is 6.09 Å². The maximum absolute atomic E-state index is 11.1. The summed E-state index contributed by atoms with van der Waals surface area (Å²) in [7, 11) is 1.82. The van der Waals surface area contributed by atoms with Crippen LogP contribution in [0.2, 0.25) is 0 Å². The number of hydrogen-bond acceptors (Lipinski definition) is 2. The number of carbonyl (C=O) groups is 1. The maximum atomic E-state index is 11.1. The van der Waals surface area contributed by atoms with Crippen molar-refractivity contribution in [1.82, 2.24) is 4.90 Å². The Labute approximate surface area is 112 Å². The molecule has 0 spiro atoms. The molecule has 1 atom stereocenters. The highest BCUT2D eigenvalue weighted by atomic mass is 16.6. The van der Waals surface area contributed by atoms with Crippen LogP contribution in [0.4, 0.5) is 4.79 Å². The van der Waals surface area contributed by atoms with E-state index in [4.69, 9.17) is 4.74 Å². The van der Waals surface area contributed by atoms with E-state index in [1.165, 1.54) is 57.8 Å². The third-order valence-electron chi connectivity index (χ3n) is 3.75. The maximum Gasteiger partial charge on any atom is 0.409 e. The predicted octanol–water partition coefficient (Wildman–Crippen LogP) is 4.22. The molecule has 0 radical (unpaired) electrons. The van der Waals surface area contributed by atoms with Gasteiger partial charge in [-0.1, -0.05) is 58.3 Å². The Morgan fingerprint density at radius 3 is 2.33 bits per heavy atom. The third-order valence-corrected chi connectivity index (χ3v) is 3.75. The van der Waals surface area contributed by atoms with Gasteiger partial charge in [-0.15, -0.1) is 0 Å². The number of carbonyl (C=O) groups excluding carboxylic acids is 1. The predicted molar refractivity (Wildman–Crippen MR) is 74.7 cm³/mol. The average molecular weight is 255 g/mol. The molecule has 1 unspecified atom stereocenters. The van der Waals surface area contributed by atoms with Crippen LogP contribution in [0.5, 0.6) is 0 Å². The molecule has 1 amide bonds. The van der Waals surface area contributed by atoms with Crippen LogP contribution in [-0.2, 0) is 4.74 Å². The molecule has 0 aromatic carbocycles. The van der Waals surface area contributed by atoms with Gasteiger partial charge in [0, 0.05) is 19.5 Å². The van der Waals surface area contributed by atoms with Gasteiger partial charge in [-0.2, -0.15) is 0 Å². The number of ether oxygens (including phenoxy) is 1. The molecule has 18 heavy (non-hydrogen) atoms. The topological polar surface area (TPSA) is 29.5 Å². The molecule has 1 aliphatic heterocycles. The molecule has 0 aliphatic carbocycles. The molecule has 3 nitrogen and oxygen atoms in total. The largest absolute Gasteiger partial charge is 0.449 e. The van der Waals surface area contributed by atoms with Crippen LogP contribution in [0.1, 0.15) is 64.7 Å². The molecule has 3 heteroatoms. The summed E-state index contributed by atoms with van der Waals surface area (Å²) < 4.78 is 5.11. The third kappa shape index (κ3) is 6.27. The molecule has 1 heterocycles. The van der Waals surface area contributed by atoms with E-state index in [1.54, 1.807) is 4.90 Å². The quantitative estimate of drug-likeness (QED) is 0.577. The number of rotatable bonds is 9. The fraction of sp³-hybridized carbons (Fsp3) is 0.933. The van der Waals surface area contributed by atoms with Gasteiger partial charge < -0.3 is 9.64 Å². The molecule has 1 saturated heterocycles. The van der Waals surface area contributed by atoms with E-state index in [1.807, 2.05) is 7.05 Å². The lowest BCUT2D eigenvalue weighted by atomic mass is 9.99. The van der Waals surface area contributed by atoms with Gasteiger partial charge >= 0.3 is 6.09 Å². The Bertz CT molecular complexity index is 231. The van der Waals surface area contributed by atoms with E-state index in [9.17, 15) is 4.79 Å². The normalized spacial score (nSPS) is 20.0. The second-order valence-electron chi connectivity index (χ2n) is 5.59. The van der Waals surface area contributed by atoms with E-state index in [2.05, 4.69) is 6.92 Å². The zero-order valence-electron chi connectivity index (χ0n) is 12.1. The Balaban J connectivity index is 1.90. The molecule has 106 valence electrons. The minimum atomic E-state index is -0.165. The van der Waals surface area contributed by atoms with Crippen LogP contribution in [0, 0.1) is 5.92 Å². The van der Waals surface area contributed by atoms with E-state index < -0.39 is 0 Å². The van der Waals surface area contributed by atoms with Crippen molar-refractivity contribution in [2.75, 3.05) is 20.2 Å². The molecule has 1 rings (SSSR count). The zero-order chi connectivity index (χ0) is 13.2. The summed E-state index contributed by atoms with van der Waals surface area (Å²) in [6.07, 6.45) is 11.9. The van der Waals surface area contributed by atoms with Crippen LogP contribution in [0.25, 0.3) is 0 Å². The van der Waals surface area contributed by atoms with Gasteiger partial charge in [-0.3, -0.25) is 0 Å². The summed E-state index contributed by atoms with van der Waals surface area (Å²) in [4.78, 5) is 12.8. The molecular weight excluding hydrogens is 226 g/mol. The highest BCUT2D eigenvalue weighted by molar-refractivity contribution is 5.67. The standard InChI is InChI=1S/C15H29NO2/c1-3-4-5-6-7-8-9-10-11-14-12-16(2)15(17)18-13-14/h14H,3-13H2,1-2H3. The first kappa shape index (κ1) is 15.3. The lowest BCUT2D eigenvalue weighted by Crippen LogP contribution is -2.40. The van der Waals surface area contributed by atoms with Gasteiger partial charge in [0.15, 0.2) is 0 Å². The minimum Gasteiger partial charge on any atom is -0.449 e. The molecule has 0 aromatic heterocycles. The average Bonchev–Trinajstić information content (AvgIpc) is 2.37. The van der Waals surface area contributed by atoms with Gasteiger partial charge in [0.1, 0.15) is 0 Å². The summed E-state index contributed by atoms with van der Waals surface area (Å²) in [5.41, 5.74) is 0. The zero-order valence-corrected chi connectivity index (χ0v) is 12.1. The fourth-order valence-corrected chi connectivity index (χ4v) is 2.56. The Hall–Kier alpha value is -0.730. The smallest absolute Gasteiger partial charge is 0.409 e. The number of nitrogens with zero attached hydrogens (tertiary/aromatic N) is 1. The van der Waals surface area contributed by atoms with Crippen LogP contribution >= 0.6 is 0 Å². The van der Waals surface area contributed by atoms with Gasteiger partial charge in [0.2, 0.25) is 0 Å². The molecule has 0 saturated carbocycles. The van der Waals surface area contributed by atoms with Crippen LogP contribution in [0.3, 0.4) is 0 Å². The number of cyclic esters (lactones) is 1. The first-order valence-corrected chi connectivity index (χ1v) is 7.62. The minimum absolute atomic E-state index is 0.165. The molecule has 0 bridgehead atoms. The lowest BCUT2D eigenvalue weighted by molar-refractivity contribution is 0.0499. The second kappa shape index (κ2) is 9.23. The van der Waals surface area contributed by atoms with E-state index >= 15 is 0 Å². The van der Waals surface area contributed by atoms with Crippen molar-refractivity contribution in [3.8, 4) is 0 Å². The first-order chi connectivity index (χ1) is 8.74. The van der Waals surface area contributed by atoms with Crippen molar-refractivity contribution in [3.05, 3.63) is 0 Å². The second-order valence-corrected chi connectivity index (χ2v) is 5.59. The fourth-order valence-electron chi connectivity index (χ4n) is 2.56. The van der Waals surface area contributed by atoms with Crippen molar-refractivity contribution in [3.63, 3.8) is 0 Å². The summed E-state index contributed by atoms with van der Waals surface area (Å²) in [5.74, 6) is 0.549. The van der Waals surface area contributed by atoms with Crippen molar-refractivity contribution in [2.24, 2.45) is 5.92 Å². The molecule has 1 fully saturated rings. The summed E-state index contributed by atoms with van der Waals surface area (Å²) in [6, 6.07) is 0. The van der Waals surface area contributed by atoms with Gasteiger partial charge in [-0.05, 0) is 6.42 Å². The lowest BCUT2D eigenvalue weighted by Gasteiger charge is -2.29. The number of hydrogen-bond donors (Lipinski definition) is 0. The molecular formula is C15H29NO2. The van der Waals surface area contributed by atoms with E-state index in [0.717, 1.165) is 6.54 Å². The Kier molecular flexibility index (Phi) is 7.86. The molecule has 0 aromatic rings. The van der Waals surface area contributed by atoms with Crippen LogP contribution < -0.4 is 0 Å². The monoisotopic (exact) mass is 255 g/mol. The van der Waals surface area contributed by atoms with Crippen LogP contribution in [-0.4, -0.2) is 31.2 Å². The highest BCUT2D eigenvalue weighted by Gasteiger charge is 2.23. The van der Waals surface area contributed by atoms with Crippen LogP contribution in [0.15, 0.2) is 0 Å². The molecule has 1 aliphatic rings. The van der Waals surface area contributed by atoms with E-state index in [0.29, 0.717) is 12.5 Å². The SMILES string of the molecule is CCCCCCCCCCC1COC(=O)N(C)C1. The van der Waals surface area contributed by atoms with Gasteiger partial charge in [0.25, 0.3) is 0 Å². The Morgan fingerprint density at radius 2 is 1.72 bits per heavy atom. The van der Waals surface area contributed by atoms with Gasteiger partial charge in [-0.25, -0.2) is 4.79 Å². The van der Waals surface area contributed by atoms with E-state index in [-0.39, 0.29) is 6.09 Å². The summed E-state index contributed by atoms with van der Waals surface area (Å²) >= 11 is 0. The summed E-state index contributed by atoms with van der Waals surface area (Å²) in [5, 5.41) is 0. The Morgan fingerprint density at radius 1 is 1.11 bits per heavy atom. The van der Waals surface area contributed by atoms with Crippen molar-refractivity contribution < 1.29 is 9.53 Å². The van der Waals surface area contributed by atoms with Crippen molar-refractivity contribution in [2.45, 2.75) is 64.7 Å². The number of unbranched alkanes of at least 4 members (excludes halogenated alkanes) is 7. The van der Waals surface area contributed by atoms with Crippen molar-refractivity contribution in [1.29, 1.82) is 0 Å². The molecule has 0 N–H and O–H groups in total. The highest BCUT2D eigenvalue weighted by Crippen LogP contribution is 2.17. The van der Waals surface area contributed by atoms with Gasteiger partial charge in [0.05, 0.1) is 6.61 Å². The summed E-state index contributed by atoms with van der Waals surface area (Å²) in [6.45, 7) is 3.75. The first-order valence-electron chi connectivity index (χ1n) is 7.62.